The topological polar surface area (TPSA) is 47.6 Å². The van der Waals surface area contributed by atoms with Crippen molar-refractivity contribution in [3.05, 3.63) is 59.7 Å². The molecular formula is C19H21NO3. The van der Waals surface area contributed by atoms with Crippen molar-refractivity contribution in [1.29, 1.82) is 0 Å². The zero-order chi connectivity index (χ0) is 16.1. The lowest BCUT2D eigenvalue weighted by atomic mass is 10.0. The second-order valence-electron chi connectivity index (χ2n) is 5.71. The molecule has 0 unspecified atom stereocenters. The minimum absolute atomic E-state index is 0.00110. The molecule has 4 heteroatoms. The molecule has 2 aromatic carbocycles. The van der Waals surface area contributed by atoms with E-state index < -0.39 is 0 Å². The first-order chi connectivity index (χ1) is 11.2. The standard InChI is InChI=1S/C19H21NO3/c1-14-6-8-15(9-7-14)22-13-11-19(21)20-17-10-12-23-18-5-3-2-4-16(17)18/h2-9,17H,10-13H2,1H3,(H,20,21)/t17-/m0/s1. The number of carbonyl (C=O) groups is 1. The summed E-state index contributed by atoms with van der Waals surface area (Å²) in [7, 11) is 0. The Bertz CT molecular complexity index is 667. The van der Waals surface area contributed by atoms with Crippen LogP contribution in [0.25, 0.3) is 0 Å². The molecule has 2 aromatic rings. The molecular weight excluding hydrogens is 290 g/mol. The number of rotatable bonds is 5. The number of amides is 1. The lowest BCUT2D eigenvalue weighted by Gasteiger charge is -2.26. The Morgan fingerprint density at radius 2 is 2.00 bits per heavy atom. The molecule has 0 aromatic heterocycles. The first-order valence-electron chi connectivity index (χ1n) is 7.93. The highest BCUT2D eigenvalue weighted by Gasteiger charge is 2.22. The van der Waals surface area contributed by atoms with Gasteiger partial charge in [-0.15, -0.1) is 0 Å². The Hall–Kier alpha value is -2.49. The van der Waals surface area contributed by atoms with E-state index in [0.717, 1.165) is 23.5 Å². The summed E-state index contributed by atoms with van der Waals surface area (Å²) in [5.74, 6) is 1.65. The number of hydrogen-bond acceptors (Lipinski definition) is 3. The summed E-state index contributed by atoms with van der Waals surface area (Å²) >= 11 is 0. The molecule has 4 nitrogen and oxygen atoms in total. The third kappa shape index (κ3) is 4.03. The van der Waals surface area contributed by atoms with Crippen LogP contribution < -0.4 is 14.8 Å². The van der Waals surface area contributed by atoms with E-state index in [1.807, 2.05) is 55.5 Å². The molecule has 0 spiro atoms. The van der Waals surface area contributed by atoms with Crippen LogP contribution in [0.4, 0.5) is 0 Å². The molecule has 23 heavy (non-hydrogen) atoms. The number of aryl methyl sites for hydroxylation is 1. The van der Waals surface area contributed by atoms with Gasteiger partial charge in [-0.3, -0.25) is 4.79 Å². The number of hydrogen-bond donors (Lipinski definition) is 1. The van der Waals surface area contributed by atoms with E-state index in [2.05, 4.69) is 5.32 Å². The quantitative estimate of drug-likeness (QED) is 0.920. The fraction of sp³-hybridized carbons (Fsp3) is 0.316. The number of benzene rings is 2. The smallest absolute Gasteiger partial charge is 0.223 e. The average Bonchev–Trinajstić information content (AvgIpc) is 2.57. The van der Waals surface area contributed by atoms with Gasteiger partial charge in [-0.05, 0) is 25.1 Å². The van der Waals surface area contributed by atoms with Crippen molar-refractivity contribution in [2.75, 3.05) is 13.2 Å². The summed E-state index contributed by atoms with van der Waals surface area (Å²) in [6.07, 6.45) is 1.13. The molecule has 0 radical (unpaired) electrons. The molecule has 1 aliphatic heterocycles. The Kier molecular flexibility index (Phi) is 4.81. The third-order valence-electron chi connectivity index (χ3n) is 3.91. The van der Waals surface area contributed by atoms with Gasteiger partial charge < -0.3 is 14.8 Å². The molecule has 1 amide bonds. The van der Waals surface area contributed by atoms with Crippen LogP contribution in [0.5, 0.6) is 11.5 Å². The fourth-order valence-corrected chi connectivity index (χ4v) is 2.65. The third-order valence-corrected chi connectivity index (χ3v) is 3.91. The van der Waals surface area contributed by atoms with E-state index in [-0.39, 0.29) is 11.9 Å². The van der Waals surface area contributed by atoms with Crippen LogP contribution in [-0.2, 0) is 4.79 Å². The van der Waals surface area contributed by atoms with E-state index in [0.29, 0.717) is 19.6 Å². The minimum atomic E-state index is -0.00110. The number of para-hydroxylation sites is 1. The molecule has 1 atom stereocenters. The Balaban J connectivity index is 1.49. The summed E-state index contributed by atoms with van der Waals surface area (Å²) in [4.78, 5) is 12.1. The number of ether oxygens (including phenoxy) is 2. The van der Waals surface area contributed by atoms with Gasteiger partial charge in [0, 0.05) is 12.0 Å². The van der Waals surface area contributed by atoms with Gasteiger partial charge in [0.1, 0.15) is 11.5 Å². The lowest BCUT2D eigenvalue weighted by Crippen LogP contribution is -2.32. The van der Waals surface area contributed by atoms with Crippen LogP contribution in [-0.4, -0.2) is 19.1 Å². The van der Waals surface area contributed by atoms with Crippen molar-refractivity contribution in [2.45, 2.75) is 25.8 Å². The van der Waals surface area contributed by atoms with Crippen LogP contribution in [0.3, 0.4) is 0 Å². The number of fused-ring (bicyclic) bond motifs is 1. The lowest BCUT2D eigenvalue weighted by molar-refractivity contribution is -0.122. The highest BCUT2D eigenvalue weighted by atomic mass is 16.5. The summed E-state index contributed by atoms with van der Waals surface area (Å²) < 4.78 is 11.2. The normalized spacial score (nSPS) is 16.1. The summed E-state index contributed by atoms with van der Waals surface area (Å²) in [5.41, 5.74) is 2.24. The first kappa shape index (κ1) is 15.4. The highest BCUT2D eigenvalue weighted by molar-refractivity contribution is 5.76. The van der Waals surface area contributed by atoms with Gasteiger partial charge in [-0.25, -0.2) is 0 Å². The van der Waals surface area contributed by atoms with Gasteiger partial charge in [0.15, 0.2) is 0 Å². The van der Waals surface area contributed by atoms with Crippen molar-refractivity contribution < 1.29 is 14.3 Å². The van der Waals surface area contributed by atoms with Crippen molar-refractivity contribution in [3.8, 4) is 11.5 Å². The molecule has 120 valence electrons. The summed E-state index contributed by atoms with van der Waals surface area (Å²) in [6, 6.07) is 15.7. The fourth-order valence-electron chi connectivity index (χ4n) is 2.65. The second-order valence-corrected chi connectivity index (χ2v) is 5.71. The molecule has 0 saturated carbocycles. The number of carbonyl (C=O) groups excluding carboxylic acids is 1. The van der Waals surface area contributed by atoms with E-state index in [9.17, 15) is 4.79 Å². The minimum Gasteiger partial charge on any atom is -0.493 e. The summed E-state index contributed by atoms with van der Waals surface area (Å²) in [6.45, 7) is 3.03. The SMILES string of the molecule is Cc1ccc(OCCC(=O)N[C@H]2CCOc3ccccc32)cc1. The molecule has 1 aliphatic rings. The van der Waals surface area contributed by atoms with Gasteiger partial charge in [0.25, 0.3) is 0 Å². The Morgan fingerprint density at radius 1 is 1.22 bits per heavy atom. The largest absolute Gasteiger partial charge is 0.493 e. The Labute approximate surface area is 136 Å². The van der Waals surface area contributed by atoms with Crippen LogP contribution >= 0.6 is 0 Å². The molecule has 0 bridgehead atoms. The molecule has 0 aliphatic carbocycles. The Morgan fingerprint density at radius 3 is 2.83 bits per heavy atom. The van der Waals surface area contributed by atoms with E-state index in [4.69, 9.17) is 9.47 Å². The van der Waals surface area contributed by atoms with Gasteiger partial charge in [-0.1, -0.05) is 35.9 Å². The van der Waals surface area contributed by atoms with Crippen LogP contribution in [0.2, 0.25) is 0 Å². The van der Waals surface area contributed by atoms with Gasteiger partial charge in [-0.2, -0.15) is 0 Å². The molecule has 1 heterocycles. The predicted molar refractivity (Wildman–Crippen MR) is 88.7 cm³/mol. The molecule has 1 N–H and O–H groups in total. The zero-order valence-corrected chi connectivity index (χ0v) is 13.2. The van der Waals surface area contributed by atoms with Crippen molar-refractivity contribution in [2.24, 2.45) is 0 Å². The van der Waals surface area contributed by atoms with E-state index in [1.165, 1.54) is 5.56 Å². The van der Waals surface area contributed by atoms with Gasteiger partial charge in [0.05, 0.1) is 25.7 Å². The van der Waals surface area contributed by atoms with E-state index in [1.54, 1.807) is 0 Å². The molecule has 0 fully saturated rings. The maximum Gasteiger partial charge on any atom is 0.223 e. The van der Waals surface area contributed by atoms with Crippen molar-refractivity contribution in [3.63, 3.8) is 0 Å². The maximum atomic E-state index is 12.1. The van der Waals surface area contributed by atoms with E-state index >= 15 is 0 Å². The van der Waals surface area contributed by atoms with Gasteiger partial charge >= 0.3 is 0 Å². The second kappa shape index (κ2) is 7.18. The van der Waals surface area contributed by atoms with Crippen LogP contribution in [0, 0.1) is 6.92 Å². The predicted octanol–water partition coefficient (Wildman–Crippen LogP) is 3.40. The monoisotopic (exact) mass is 311 g/mol. The van der Waals surface area contributed by atoms with Crippen molar-refractivity contribution >= 4 is 5.91 Å². The summed E-state index contributed by atoms with van der Waals surface area (Å²) in [5, 5.41) is 3.07. The van der Waals surface area contributed by atoms with Crippen molar-refractivity contribution in [1.82, 2.24) is 5.32 Å². The maximum absolute atomic E-state index is 12.1. The molecule has 0 saturated heterocycles. The highest BCUT2D eigenvalue weighted by Crippen LogP contribution is 2.31. The zero-order valence-electron chi connectivity index (χ0n) is 13.2. The molecule has 3 rings (SSSR count). The first-order valence-corrected chi connectivity index (χ1v) is 7.93. The van der Waals surface area contributed by atoms with Crippen LogP contribution in [0.1, 0.15) is 30.0 Å². The number of nitrogens with one attached hydrogen (secondary N) is 1. The van der Waals surface area contributed by atoms with Crippen LogP contribution in [0.15, 0.2) is 48.5 Å². The average molecular weight is 311 g/mol. The van der Waals surface area contributed by atoms with Gasteiger partial charge in [0.2, 0.25) is 5.91 Å².